The first-order valence-corrected chi connectivity index (χ1v) is 9.36. The van der Waals surface area contributed by atoms with Gasteiger partial charge in [0.1, 0.15) is 0 Å². The van der Waals surface area contributed by atoms with E-state index >= 15 is 0 Å². The summed E-state index contributed by atoms with van der Waals surface area (Å²) in [5.74, 6) is -3.12. The number of hydrogen-bond acceptors (Lipinski definition) is 4. The fourth-order valence-corrected chi connectivity index (χ4v) is 3.53. The van der Waals surface area contributed by atoms with Gasteiger partial charge < -0.3 is 19.9 Å². The summed E-state index contributed by atoms with van der Waals surface area (Å²) in [5.41, 5.74) is 0.238. The number of rotatable bonds is 4. The van der Waals surface area contributed by atoms with Crippen LogP contribution in [-0.2, 0) is 14.3 Å². The van der Waals surface area contributed by atoms with Gasteiger partial charge in [-0.2, -0.15) is 0 Å². The molecule has 1 aromatic carbocycles. The number of anilines is 1. The highest BCUT2D eigenvalue weighted by Crippen LogP contribution is 2.27. The summed E-state index contributed by atoms with van der Waals surface area (Å²) in [6, 6.07) is 3.16. The molecule has 3 amide bonds. The molecule has 0 radical (unpaired) electrons. The van der Waals surface area contributed by atoms with Crippen LogP contribution in [0.2, 0.25) is 0 Å². The number of hydrogen-bond donors (Lipinski definition) is 1. The Hall–Kier alpha value is -2.71. The predicted molar refractivity (Wildman–Crippen MR) is 96.6 cm³/mol. The summed E-state index contributed by atoms with van der Waals surface area (Å²) in [4.78, 5) is 39.4. The van der Waals surface area contributed by atoms with Crippen molar-refractivity contribution in [1.82, 2.24) is 10.2 Å². The van der Waals surface area contributed by atoms with Crippen molar-refractivity contribution in [2.45, 2.75) is 32.2 Å². The Morgan fingerprint density at radius 2 is 1.93 bits per heavy atom. The molecule has 2 aliphatic rings. The largest absolute Gasteiger partial charge is 0.450 e. The molecule has 1 aromatic rings. The van der Waals surface area contributed by atoms with Crippen LogP contribution >= 0.6 is 0 Å². The van der Waals surface area contributed by atoms with Gasteiger partial charge in [-0.25, -0.2) is 13.6 Å². The van der Waals surface area contributed by atoms with Crippen LogP contribution < -0.4 is 10.2 Å². The SMILES string of the molecule is CCOC(=O)N1CCC(NC(=O)C2CC(=O)N(c3ccc(F)c(F)c3)C2)CC1. The highest BCUT2D eigenvalue weighted by molar-refractivity contribution is 6.00. The van der Waals surface area contributed by atoms with Gasteiger partial charge in [0.25, 0.3) is 0 Å². The fourth-order valence-electron chi connectivity index (χ4n) is 3.53. The van der Waals surface area contributed by atoms with Crippen LogP contribution in [0.1, 0.15) is 26.2 Å². The number of ether oxygens (including phenoxy) is 1. The number of carbonyl (C=O) groups excluding carboxylic acids is 3. The standard InChI is InChI=1S/C19H23F2N3O4/c1-2-28-19(27)23-7-5-13(6-8-23)22-18(26)12-9-17(25)24(11-12)14-3-4-15(20)16(21)10-14/h3-4,10,12-13H,2,5-9,11H2,1H3,(H,22,26). The maximum atomic E-state index is 13.4. The number of amides is 3. The van der Waals surface area contributed by atoms with Gasteiger partial charge in [-0.1, -0.05) is 0 Å². The first kappa shape index (κ1) is 20.0. The van der Waals surface area contributed by atoms with Crippen LogP contribution in [-0.4, -0.2) is 55.1 Å². The molecule has 2 fully saturated rings. The fraction of sp³-hybridized carbons (Fsp3) is 0.526. The van der Waals surface area contributed by atoms with E-state index in [0.29, 0.717) is 32.5 Å². The minimum Gasteiger partial charge on any atom is -0.450 e. The quantitative estimate of drug-likeness (QED) is 0.847. The van der Waals surface area contributed by atoms with E-state index in [1.807, 2.05) is 0 Å². The summed E-state index contributed by atoms with van der Waals surface area (Å²) in [7, 11) is 0. The zero-order valence-electron chi connectivity index (χ0n) is 15.6. The topological polar surface area (TPSA) is 79.0 Å². The second-order valence-corrected chi connectivity index (χ2v) is 6.97. The van der Waals surface area contributed by atoms with Crippen molar-refractivity contribution >= 4 is 23.6 Å². The molecular weight excluding hydrogens is 372 g/mol. The molecule has 28 heavy (non-hydrogen) atoms. The molecule has 152 valence electrons. The van der Waals surface area contributed by atoms with Crippen molar-refractivity contribution in [3.63, 3.8) is 0 Å². The van der Waals surface area contributed by atoms with Crippen molar-refractivity contribution in [2.24, 2.45) is 5.92 Å². The van der Waals surface area contributed by atoms with Crippen molar-refractivity contribution in [3.8, 4) is 0 Å². The second kappa shape index (κ2) is 8.53. The molecule has 0 aliphatic carbocycles. The molecule has 9 heteroatoms. The highest BCUT2D eigenvalue weighted by Gasteiger charge is 2.36. The average molecular weight is 395 g/mol. The monoisotopic (exact) mass is 395 g/mol. The molecule has 2 aliphatic heterocycles. The van der Waals surface area contributed by atoms with Crippen LogP contribution in [0.5, 0.6) is 0 Å². The summed E-state index contributed by atoms with van der Waals surface area (Å²) < 4.78 is 31.5. The number of nitrogens with one attached hydrogen (secondary N) is 1. The van der Waals surface area contributed by atoms with Gasteiger partial charge >= 0.3 is 6.09 Å². The number of benzene rings is 1. The van der Waals surface area contributed by atoms with Gasteiger partial charge in [0.2, 0.25) is 11.8 Å². The molecule has 2 saturated heterocycles. The molecule has 2 heterocycles. The number of likely N-dealkylation sites (tertiary alicyclic amines) is 1. The molecule has 0 aromatic heterocycles. The number of carbonyl (C=O) groups is 3. The van der Waals surface area contributed by atoms with Gasteiger partial charge in [0.15, 0.2) is 11.6 Å². The summed E-state index contributed by atoms with van der Waals surface area (Å²) in [6.45, 7) is 3.18. The third kappa shape index (κ3) is 4.40. The predicted octanol–water partition coefficient (Wildman–Crippen LogP) is 2.05. The Morgan fingerprint density at radius 1 is 1.21 bits per heavy atom. The Kier molecular flexibility index (Phi) is 6.11. The van der Waals surface area contributed by atoms with Crippen LogP contribution in [0.25, 0.3) is 0 Å². The van der Waals surface area contributed by atoms with Gasteiger partial charge in [-0.15, -0.1) is 0 Å². The Morgan fingerprint density at radius 3 is 2.57 bits per heavy atom. The van der Waals surface area contributed by atoms with Crippen molar-refractivity contribution in [3.05, 3.63) is 29.8 Å². The lowest BCUT2D eigenvalue weighted by Gasteiger charge is -2.32. The number of piperidine rings is 1. The third-order valence-electron chi connectivity index (χ3n) is 5.08. The van der Waals surface area contributed by atoms with E-state index in [2.05, 4.69) is 5.32 Å². The molecular formula is C19H23F2N3O4. The maximum absolute atomic E-state index is 13.4. The molecule has 7 nitrogen and oxygen atoms in total. The first-order valence-electron chi connectivity index (χ1n) is 9.36. The Balaban J connectivity index is 1.52. The lowest BCUT2D eigenvalue weighted by Crippen LogP contribution is -2.48. The summed E-state index contributed by atoms with van der Waals surface area (Å²) in [5, 5.41) is 2.93. The zero-order valence-corrected chi connectivity index (χ0v) is 15.6. The van der Waals surface area contributed by atoms with Crippen LogP contribution in [0.15, 0.2) is 18.2 Å². The smallest absolute Gasteiger partial charge is 0.409 e. The van der Waals surface area contributed by atoms with E-state index in [1.54, 1.807) is 11.8 Å². The van der Waals surface area contributed by atoms with Gasteiger partial charge in [0, 0.05) is 43.9 Å². The molecule has 1 unspecified atom stereocenters. The average Bonchev–Trinajstić information content (AvgIpc) is 3.06. The van der Waals surface area contributed by atoms with Crippen LogP contribution in [0.3, 0.4) is 0 Å². The number of nitrogens with zero attached hydrogens (tertiary/aromatic N) is 2. The van der Waals surface area contributed by atoms with E-state index in [4.69, 9.17) is 4.74 Å². The lowest BCUT2D eigenvalue weighted by molar-refractivity contribution is -0.127. The van der Waals surface area contributed by atoms with Gasteiger partial charge in [0.05, 0.1) is 12.5 Å². The Labute approximate surface area is 161 Å². The molecule has 0 spiro atoms. The minimum absolute atomic E-state index is 0.0203. The molecule has 0 saturated carbocycles. The minimum atomic E-state index is -1.04. The summed E-state index contributed by atoms with van der Waals surface area (Å²) >= 11 is 0. The number of halogens is 2. The first-order chi connectivity index (χ1) is 13.4. The zero-order chi connectivity index (χ0) is 20.3. The molecule has 3 rings (SSSR count). The third-order valence-corrected chi connectivity index (χ3v) is 5.08. The maximum Gasteiger partial charge on any atom is 0.409 e. The normalized spacial score (nSPS) is 20.4. The Bertz CT molecular complexity index is 766. The van der Waals surface area contributed by atoms with Crippen molar-refractivity contribution in [2.75, 3.05) is 31.1 Å². The van der Waals surface area contributed by atoms with Crippen molar-refractivity contribution < 1.29 is 27.9 Å². The molecule has 1 N–H and O–H groups in total. The lowest BCUT2D eigenvalue weighted by atomic mass is 10.0. The van der Waals surface area contributed by atoms with Crippen LogP contribution in [0, 0.1) is 17.6 Å². The van der Waals surface area contributed by atoms with E-state index < -0.39 is 17.6 Å². The van der Waals surface area contributed by atoms with Gasteiger partial charge in [-0.3, -0.25) is 9.59 Å². The van der Waals surface area contributed by atoms with Crippen LogP contribution in [0.4, 0.5) is 19.3 Å². The van der Waals surface area contributed by atoms with E-state index in [9.17, 15) is 23.2 Å². The van der Waals surface area contributed by atoms with E-state index in [-0.39, 0.29) is 42.6 Å². The van der Waals surface area contributed by atoms with Crippen molar-refractivity contribution in [1.29, 1.82) is 0 Å². The van der Waals surface area contributed by atoms with Gasteiger partial charge in [-0.05, 0) is 31.9 Å². The molecule has 0 bridgehead atoms. The van der Waals surface area contributed by atoms with E-state index in [0.717, 1.165) is 12.1 Å². The second-order valence-electron chi connectivity index (χ2n) is 6.97. The molecule has 1 atom stereocenters. The van der Waals surface area contributed by atoms with E-state index in [1.165, 1.54) is 11.0 Å². The summed E-state index contributed by atoms with van der Waals surface area (Å²) in [6.07, 6.45) is 0.888. The highest BCUT2D eigenvalue weighted by atomic mass is 19.2.